The van der Waals surface area contributed by atoms with Crippen molar-refractivity contribution in [2.45, 2.75) is 203 Å². The van der Waals surface area contributed by atoms with Crippen molar-refractivity contribution in [3.63, 3.8) is 0 Å². The molecule has 1 saturated heterocycles. The van der Waals surface area contributed by atoms with E-state index in [1.54, 1.807) is 26.8 Å². The summed E-state index contributed by atoms with van der Waals surface area (Å²) in [7, 11) is -5.35. The van der Waals surface area contributed by atoms with Crippen molar-refractivity contribution < 1.29 is 66.6 Å². The van der Waals surface area contributed by atoms with Crippen LogP contribution in [0, 0.1) is 11.8 Å². The minimum absolute atomic E-state index is 0.0245. The number of ether oxygens (including phenoxy) is 1. The van der Waals surface area contributed by atoms with E-state index in [1.165, 1.54) is 12.1 Å². The summed E-state index contributed by atoms with van der Waals surface area (Å²) in [4.78, 5) is 148. The molecule has 0 radical (unpaired) electrons. The number of thioether (sulfide) groups is 1. The minimum Gasteiger partial charge on any atom is -0.508 e. The van der Waals surface area contributed by atoms with Crippen LogP contribution in [-0.4, -0.2) is 184 Å². The van der Waals surface area contributed by atoms with Gasteiger partial charge in [0, 0.05) is 42.5 Å². The first kappa shape index (κ1) is 71.5. The van der Waals surface area contributed by atoms with Crippen molar-refractivity contribution in [2.24, 2.45) is 23.3 Å². The Kier molecular flexibility index (Phi) is 25.3. The molecule has 2 aromatic rings. The second-order valence-electron chi connectivity index (χ2n) is 26.2. The van der Waals surface area contributed by atoms with Gasteiger partial charge in [0.1, 0.15) is 48.1 Å². The Morgan fingerprint density at radius 2 is 1.44 bits per heavy atom. The number of rotatable bonds is 18. The number of unbranched alkanes of at least 4 members (excludes halogenated alkanes) is 3. The molecule has 0 aliphatic carbocycles. The average Bonchev–Trinajstić information content (AvgIpc) is 2.11. The third kappa shape index (κ3) is 19.6. The fourth-order valence-corrected chi connectivity index (χ4v) is 13.3. The monoisotopic (exact) mass is 1270 g/mol. The van der Waals surface area contributed by atoms with Gasteiger partial charge in [-0.25, -0.2) is 4.79 Å². The van der Waals surface area contributed by atoms with Crippen LogP contribution in [-0.2, 0) is 63.2 Å². The van der Waals surface area contributed by atoms with Gasteiger partial charge >= 0.3 is 6.09 Å². The molecule has 2 unspecified atom stereocenters. The van der Waals surface area contributed by atoms with Gasteiger partial charge in [-0.2, -0.15) is 0 Å². The largest absolute Gasteiger partial charge is 0.508 e. The quantitative estimate of drug-likeness (QED) is 0.0753. The van der Waals surface area contributed by atoms with Gasteiger partial charge in [-0.3, -0.25) is 43.2 Å². The molecule has 0 saturated carbocycles. The lowest BCUT2D eigenvalue weighted by molar-refractivity contribution is -0.144. The number of phenols is 1. The van der Waals surface area contributed by atoms with E-state index in [4.69, 9.17) is 25.1 Å². The summed E-state index contributed by atoms with van der Waals surface area (Å²) in [6, 6.07) is -4.85. The van der Waals surface area contributed by atoms with E-state index in [9.17, 15) is 38.7 Å². The summed E-state index contributed by atoms with van der Waals surface area (Å²) in [5.41, 5.74) is 12.2. The van der Waals surface area contributed by atoms with Gasteiger partial charge in [-0.1, -0.05) is 81.6 Å². The molecule has 0 spiro atoms. The fourth-order valence-electron chi connectivity index (χ4n) is 9.82. The number of fused-ring (bicyclic) bond motifs is 5. The number of primary amides is 1. The highest BCUT2D eigenvalue weighted by Gasteiger charge is 2.49. The summed E-state index contributed by atoms with van der Waals surface area (Å²) < 4.78 is 19.9. The van der Waals surface area contributed by atoms with E-state index in [0.29, 0.717) is 40.9 Å². The molecule has 14 N–H and O–H groups in total. The van der Waals surface area contributed by atoms with Crippen molar-refractivity contribution in [1.82, 2.24) is 52.4 Å². The number of carbonyl (C=O) groups excluding carboxylic acids is 10. The Hall–Kier alpha value is -6.28. The van der Waals surface area contributed by atoms with Crippen LogP contribution in [0.3, 0.4) is 0 Å². The predicted molar refractivity (Wildman–Crippen MR) is 334 cm³/mol. The van der Waals surface area contributed by atoms with Crippen LogP contribution in [0.25, 0.3) is 10.9 Å². The zero-order chi connectivity index (χ0) is 64.9. The minimum atomic E-state index is -2.78. The summed E-state index contributed by atoms with van der Waals surface area (Å²) in [6.07, 6.45) is -0.890. The van der Waals surface area contributed by atoms with Gasteiger partial charge < -0.3 is 82.6 Å². The van der Waals surface area contributed by atoms with Crippen molar-refractivity contribution in [1.29, 1.82) is 0 Å². The molecule has 5 rings (SSSR count). The predicted octanol–water partition coefficient (Wildman–Crippen LogP) is 2.38. The zero-order valence-corrected chi connectivity index (χ0v) is 55.7. The number of H-pyrrole nitrogens is 1. The molecule has 29 heteroatoms. The third-order valence-corrected chi connectivity index (χ3v) is 27.6. The summed E-state index contributed by atoms with van der Waals surface area (Å²) in [5.74, 6) is -10.0. The molecule has 486 valence electrons. The number of hydrogen-bond acceptors (Lipinski definition) is 16. The number of aromatic amines is 1. The van der Waals surface area contributed by atoms with Gasteiger partial charge in [-0.05, 0) is 79.3 Å². The zero-order valence-electron chi connectivity index (χ0n) is 52.9. The van der Waals surface area contributed by atoms with Gasteiger partial charge in [0.25, 0.3) is 0 Å². The number of carbonyl (C=O) groups is 10. The van der Waals surface area contributed by atoms with Crippen LogP contribution >= 0.6 is 11.8 Å². The SMILES string of the molecule is CC[C@H](C)[C@@H]1NC(=O)CNC(=O)[C@@H]2Cc3c([nH]c4cc(O)ccc34)SC[C@H](NC(=O)CNC1=O)C(=O)N[C@@H](CC(N)=O)C(=O)N1C[C@H](OC(=O)NCCCCCCN)CC1C(=O)N[C@@H]([C@@H](C)C(CO[Si](C)(C)C(C)(C)C)O[Si](C)(C)C(C)(C)C)C(=O)N2. The van der Waals surface area contributed by atoms with Crippen molar-refractivity contribution in [2.75, 3.05) is 45.1 Å². The topological polar surface area (TPSA) is 386 Å². The highest BCUT2D eigenvalue weighted by Crippen LogP contribution is 2.41. The molecule has 1 fully saturated rings. The van der Waals surface area contributed by atoms with Crippen molar-refractivity contribution >= 4 is 98.6 Å². The molecule has 3 aliphatic rings. The Morgan fingerprint density at radius 3 is 2.07 bits per heavy atom. The molecule has 10 atom stereocenters. The lowest BCUT2D eigenvalue weighted by atomic mass is 9.93. The number of aromatic nitrogens is 1. The summed E-state index contributed by atoms with van der Waals surface area (Å²) in [6.45, 7) is 24.8. The number of benzene rings is 1. The number of aromatic hydroxyl groups is 1. The Labute approximate surface area is 516 Å². The number of nitrogens with one attached hydrogen (secondary N) is 9. The van der Waals surface area contributed by atoms with Crippen LogP contribution in [0.4, 0.5) is 4.79 Å². The van der Waals surface area contributed by atoms with Crippen LogP contribution < -0.4 is 54.0 Å². The first-order valence-electron chi connectivity index (χ1n) is 30.1. The van der Waals surface area contributed by atoms with E-state index in [2.05, 4.69) is 102 Å². The van der Waals surface area contributed by atoms with Crippen LogP contribution in [0.1, 0.15) is 113 Å². The van der Waals surface area contributed by atoms with E-state index in [-0.39, 0.29) is 47.6 Å². The van der Waals surface area contributed by atoms with Gasteiger partial charge in [0.2, 0.25) is 53.2 Å². The molecule has 1 aromatic heterocycles. The molecular formula is C58H96N12O14SSi2. The normalized spacial score (nSPS) is 24.0. The maximum absolute atomic E-state index is 15.8. The number of hydrogen-bond donors (Lipinski definition) is 12. The lowest BCUT2D eigenvalue weighted by Gasteiger charge is -2.44. The molecule has 4 heterocycles. The second-order valence-corrected chi connectivity index (χ2v) is 36.8. The maximum atomic E-state index is 15.8. The lowest BCUT2D eigenvalue weighted by Crippen LogP contribution is -2.62. The Bertz CT molecular complexity index is 2830. The highest BCUT2D eigenvalue weighted by atomic mass is 32.2. The van der Waals surface area contributed by atoms with Crippen molar-refractivity contribution in [3.05, 3.63) is 23.8 Å². The van der Waals surface area contributed by atoms with E-state index >= 15 is 14.4 Å². The van der Waals surface area contributed by atoms with Crippen molar-refractivity contribution in [3.8, 4) is 5.75 Å². The molecule has 2 bridgehead atoms. The van der Waals surface area contributed by atoms with E-state index < -0.39 is 162 Å². The number of alkyl carbamates (subject to hydrolysis) is 1. The smallest absolute Gasteiger partial charge is 0.407 e. The van der Waals surface area contributed by atoms with Gasteiger partial charge in [0.05, 0.1) is 49.3 Å². The van der Waals surface area contributed by atoms with Gasteiger partial charge in [-0.15, -0.1) is 11.8 Å². The summed E-state index contributed by atoms with van der Waals surface area (Å²) in [5, 5.41) is 32.4. The highest BCUT2D eigenvalue weighted by molar-refractivity contribution is 7.99. The Balaban J connectivity index is 1.77. The Morgan fingerprint density at radius 1 is 0.793 bits per heavy atom. The van der Waals surface area contributed by atoms with Crippen LogP contribution in [0.2, 0.25) is 36.3 Å². The molecule has 26 nitrogen and oxygen atoms in total. The first-order chi connectivity index (χ1) is 40.6. The first-order valence-corrected chi connectivity index (χ1v) is 36.9. The van der Waals surface area contributed by atoms with Crippen LogP contribution in [0.15, 0.2) is 23.2 Å². The van der Waals surface area contributed by atoms with E-state index in [0.717, 1.165) is 35.9 Å². The number of amides is 10. The third-order valence-electron chi connectivity index (χ3n) is 17.5. The number of nitrogens with two attached hydrogens (primary N) is 2. The maximum Gasteiger partial charge on any atom is 0.407 e. The number of nitrogens with zero attached hydrogens (tertiary/aromatic N) is 1. The van der Waals surface area contributed by atoms with Gasteiger partial charge in [0.15, 0.2) is 16.6 Å². The molecule has 1 aromatic carbocycles. The number of phenolic OH excluding ortho intramolecular Hbond substituents is 1. The molecule has 87 heavy (non-hydrogen) atoms. The molecule has 10 amide bonds. The molecule has 3 aliphatic heterocycles. The van der Waals surface area contributed by atoms with E-state index in [1.807, 2.05) is 13.1 Å². The second kappa shape index (κ2) is 30.8. The van der Waals surface area contributed by atoms with Crippen LogP contribution in [0.5, 0.6) is 5.75 Å². The average molecular weight is 1270 g/mol. The standard InChI is InChI=1S/C58H96N12O14SSi2/c1-14-32(2)47-52(78)63-27-45(73)64-41-31-85-54-37(36-20-19-34(71)23-38(36)67-54)25-39(49(75)62-28-46(74)68-47)65-53(79)48(33(3)43(84-87(12,13)58(7,8)9)30-82-86(10,11)57(4,5)6)69-51(77)42-24-35(83-56(81)61-22-18-16-15-17-21-59)29-70(42)55(80)40(26-44(60)72)66-50(41)76/h19-20,23,32-33,35,39-43,47-48,67,71H,14-18,21-22,24-31,59H2,1-13H3,(H2,60,72)(H,61,81)(H,62,75)(H,63,78)(H,64,73)(H,65,79)(H,66,76)(H,68,74)(H,69,77)/t32-,33-,35+,39-,40-,41-,42?,43?,47-,48-/m0/s1. The fraction of sp³-hybridized carbons (Fsp3) is 0.690. The summed E-state index contributed by atoms with van der Waals surface area (Å²) >= 11 is 0.989. The molecular weight excluding hydrogens is 1180 g/mol.